The molecule has 2 atom stereocenters. The fraction of sp³-hybridized carbons (Fsp3) is 0.286. The summed E-state index contributed by atoms with van der Waals surface area (Å²) in [4.78, 5) is 34.5. The van der Waals surface area contributed by atoms with Crippen molar-refractivity contribution >= 4 is 23.2 Å². The number of aryl methyl sites for hydroxylation is 1. The second-order valence-corrected chi connectivity index (χ2v) is 13.9. The number of benzene rings is 4. The molecule has 0 spiro atoms. The zero-order valence-corrected chi connectivity index (χ0v) is 29.4. The van der Waals surface area contributed by atoms with Crippen LogP contribution in [0.4, 0.5) is 20.2 Å². The van der Waals surface area contributed by atoms with Gasteiger partial charge in [0.05, 0.1) is 43.3 Å². The fourth-order valence-corrected chi connectivity index (χ4v) is 7.68. The molecule has 4 aromatic carbocycles. The Kier molecular flexibility index (Phi) is 9.55. The second kappa shape index (κ2) is 14.6. The highest BCUT2D eigenvalue weighted by Gasteiger charge is 2.36. The first-order valence-corrected chi connectivity index (χ1v) is 17.9. The highest BCUT2D eigenvalue weighted by molar-refractivity contribution is 6.11. The summed E-state index contributed by atoms with van der Waals surface area (Å²) in [6.45, 7) is 5.99. The van der Waals surface area contributed by atoms with E-state index in [0.717, 1.165) is 25.1 Å². The van der Waals surface area contributed by atoms with Crippen molar-refractivity contribution in [1.29, 1.82) is 0 Å². The van der Waals surface area contributed by atoms with Gasteiger partial charge in [0.15, 0.2) is 0 Å². The normalized spacial score (nSPS) is 18.7. The van der Waals surface area contributed by atoms with Crippen molar-refractivity contribution < 1.29 is 33.0 Å². The molecule has 0 bridgehead atoms. The van der Waals surface area contributed by atoms with Gasteiger partial charge in [-0.3, -0.25) is 19.4 Å². The molecule has 1 N–H and O–H groups in total. The molecule has 8 rings (SSSR count). The van der Waals surface area contributed by atoms with Crippen molar-refractivity contribution in [1.82, 2.24) is 14.4 Å². The minimum absolute atomic E-state index is 0.0192. The summed E-state index contributed by atoms with van der Waals surface area (Å²) in [5.74, 6) is -1.48. The molecule has 9 nitrogen and oxygen atoms in total. The van der Waals surface area contributed by atoms with Gasteiger partial charge in [0, 0.05) is 49.7 Å². The molecule has 11 heteroatoms. The van der Waals surface area contributed by atoms with Crippen LogP contribution in [0, 0.1) is 18.6 Å². The number of phenolic OH excluding ortho intramolecular Hbond substituents is 1. The third kappa shape index (κ3) is 6.95. The van der Waals surface area contributed by atoms with Crippen LogP contribution in [0.5, 0.6) is 5.75 Å². The van der Waals surface area contributed by atoms with Gasteiger partial charge in [-0.05, 0) is 96.3 Å². The van der Waals surface area contributed by atoms with Gasteiger partial charge in [-0.1, -0.05) is 30.3 Å². The van der Waals surface area contributed by atoms with Crippen LogP contribution < -0.4 is 4.90 Å². The van der Waals surface area contributed by atoms with Crippen LogP contribution in [-0.4, -0.2) is 70.2 Å². The first-order chi connectivity index (χ1) is 25.7. The van der Waals surface area contributed by atoms with Gasteiger partial charge < -0.3 is 24.0 Å². The maximum atomic E-state index is 15.0. The Hall–Kier alpha value is -5.36. The molecule has 1 aromatic heterocycles. The van der Waals surface area contributed by atoms with Crippen LogP contribution >= 0.6 is 0 Å². The van der Waals surface area contributed by atoms with Crippen LogP contribution in [0.15, 0.2) is 97.2 Å². The number of rotatable bonds is 7. The van der Waals surface area contributed by atoms with E-state index in [2.05, 4.69) is 17.0 Å². The molecule has 4 heterocycles. The molecule has 0 saturated carbocycles. The van der Waals surface area contributed by atoms with Gasteiger partial charge in [0.25, 0.3) is 11.8 Å². The molecule has 3 aliphatic rings. The Bertz CT molecular complexity index is 2160. The Morgan fingerprint density at radius 3 is 2.42 bits per heavy atom. The van der Waals surface area contributed by atoms with Gasteiger partial charge in [-0.25, -0.2) is 8.78 Å². The van der Waals surface area contributed by atoms with Crippen molar-refractivity contribution in [2.24, 2.45) is 0 Å². The van der Waals surface area contributed by atoms with Gasteiger partial charge in [-0.15, -0.1) is 0 Å². The van der Waals surface area contributed by atoms with Crippen LogP contribution in [0.1, 0.15) is 54.8 Å². The summed E-state index contributed by atoms with van der Waals surface area (Å²) in [5.41, 5.74) is 5.33. The Morgan fingerprint density at radius 1 is 0.887 bits per heavy atom. The molecule has 3 aliphatic heterocycles. The van der Waals surface area contributed by atoms with Gasteiger partial charge >= 0.3 is 0 Å². The number of halogens is 2. The third-order valence-electron chi connectivity index (χ3n) is 10.6. The predicted octanol–water partition coefficient (Wildman–Crippen LogP) is 6.93. The lowest BCUT2D eigenvalue weighted by Gasteiger charge is -2.41. The van der Waals surface area contributed by atoms with Crippen molar-refractivity contribution in [3.05, 3.63) is 148 Å². The van der Waals surface area contributed by atoms with Crippen molar-refractivity contribution in [3.8, 4) is 5.75 Å². The average molecular weight is 719 g/mol. The van der Waals surface area contributed by atoms with E-state index in [4.69, 9.17) is 9.47 Å². The minimum atomic E-state index is -0.665. The number of amides is 2. The van der Waals surface area contributed by atoms with Crippen LogP contribution in [0.3, 0.4) is 0 Å². The summed E-state index contributed by atoms with van der Waals surface area (Å²) < 4.78 is 43.6. The minimum Gasteiger partial charge on any atom is -0.508 e. The lowest BCUT2D eigenvalue weighted by atomic mass is 9.91. The highest BCUT2D eigenvalue weighted by atomic mass is 19.1. The van der Waals surface area contributed by atoms with Gasteiger partial charge in [0.1, 0.15) is 23.5 Å². The zero-order chi connectivity index (χ0) is 36.6. The molecule has 0 radical (unpaired) electrons. The first-order valence-electron chi connectivity index (χ1n) is 17.9. The molecule has 2 amide bonds. The third-order valence-corrected chi connectivity index (χ3v) is 10.6. The van der Waals surface area contributed by atoms with E-state index in [0.29, 0.717) is 65.6 Å². The molecular formula is C42H40F2N4O5. The molecule has 5 aromatic rings. The molecule has 1 fully saturated rings. The van der Waals surface area contributed by atoms with Gasteiger partial charge in [0.2, 0.25) is 0 Å². The smallest absolute Gasteiger partial charge is 0.264 e. The Morgan fingerprint density at radius 2 is 1.64 bits per heavy atom. The first kappa shape index (κ1) is 34.7. The number of phenols is 1. The maximum absolute atomic E-state index is 15.0. The number of carbonyl (C=O) groups excluding carboxylic acids is 2. The lowest BCUT2D eigenvalue weighted by molar-refractivity contribution is 0.00120. The fourth-order valence-electron chi connectivity index (χ4n) is 7.68. The van der Waals surface area contributed by atoms with E-state index >= 15 is 0 Å². The molecular weight excluding hydrogens is 678 g/mol. The topological polar surface area (TPSA) is 87.5 Å². The number of ether oxygens (including phenoxy) is 2. The van der Waals surface area contributed by atoms with Gasteiger partial charge in [-0.2, -0.15) is 0 Å². The molecule has 272 valence electrons. The number of fused-ring (bicyclic) bond motifs is 2. The number of nitrogens with zero attached hydrogens (tertiary/aromatic N) is 4. The summed E-state index contributed by atoms with van der Waals surface area (Å²) in [5, 5.41) is 9.92. The van der Waals surface area contributed by atoms with E-state index in [1.807, 2.05) is 21.6 Å². The second-order valence-electron chi connectivity index (χ2n) is 13.9. The van der Waals surface area contributed by atoms with Crippen molar-refractivity contribution in [2.45, 2.75) is 45.2 Å². The van der Waals surface area contributed by atoms with E-state index in [9.17, 15) is 23.5 Å². The molecule has 1 saturated heterocycles. The van der Waals surface area contributed by atoms with Crippen molar-refractivity contribution in [2.75, 3.05) is 37.7 Å². The lowest BCUT2D eigenvalue weighted by Crippen LogP contribution is -2.52. The predicted molar refractivity (Wildman–Crippen MR) is 195 cm³/mol. The van der Waals surface area contributed by atoms with E-state index in [1.165, 1.54) is 40.8 Å². The molecule has 53 heavy (non-hydrogen) atoms. The van der Waals surface area contributed by atoms with E-state index in [1.54, 1.807) is 49.5 Å². The summed E-state index contributed by atoms with van der Waals surface area (Å²) >= 11 is 0. The number of aromatic nitrogens is 1. The SMILES string of the molecule is Cc1ccc(N(C(=O)c2ccn3c2COC(c2cc(F)ccc2C(=O)N2Cc4ccccc4C[C@H]2CN2CCOCC2)C3)c2ccc(O)cc2)cc1F. The Balaban J connectivity index is 1.08. The summed E-state index contributed by atoms with van der Waals surface area (Å²) in [6.07, 6.45) is 1.83. The highest BCUT2D eigenvalue weighted by Crippen LogP contribution is 2.36. The number of aromatic hydroxyl groups is 1. The number of hydrogen-bond acceptors (Lipinski definition) is 6. The average Bonchev–Trinajstić information content (AvgIpc) is 3.60. The quantitative estimate of drug-likeness (QED) is 0.197. The maximum Gasteiger partial charge on any atom is 0.264 e. The zero-order valence-electron chi connectivity index (χ0n) is 29.4. The number of morpholine rings is 1. The Labute approximate surface area is 306 Å². The van der Waals surface area contributed by atoms with Crippen molar-refractivity contribution in [3.63, 3.8) is 0 Å². The molecule has 1 unspecified atom stereocenters. The van der Waals surface area contributed by atoms with Crippen LogP contribution in [0.2, 0.25) is 0 Å². The summed E-state index contributed by atoms with van der Waals surface area (Å²) in [6, 6.07) is 24.8. The van der Waals surface area contributed by atoms with Crippen LogP contribution in [0.25, 0.3) is 0 Å². The number of carbonyl (C=O) groups is 2. The van der Waals surface area contributed by atoms with E-state index in [-0.39, 0.29) is 30.9 Å². The monoisotopic (exact) mass is 718 g/mol. The molecule has 0 aliphatic carbocycles. The largest absolute Gasteiger partial charge is 0.508 e. The van der Waals surface area contributed by atoms with Crippen LogP contribution in [-0.2, 0) is 35.6 Å². The standard InChI is InChI=1S/C42H40F2N4O5/c1-27-6-8-32(22-38(27)44)48(31-9-11-34(49)12-10-31)42(51)36-14-15-46-25-40(53-26-39(36)46)37-21-30(43)7-13-35(37)41(50)47-23-29-5-3-2-4-28(29)20-33(47)24-45-16-18-52-19-17-45/h2-15,21-22,33,40,49H,16-20,23-26H2,1H3/t33-,40?/m0/s1. The van der Waals surface area contributed by atoms with E-state index < -0.39 is 23.6 Å². The number of hydrogen-bond donors (Lipinski definition) is 1. The number of anilines is 2. The summed E-state index contributed by atoms with van der Waals surface area (Å²) in [7, 11) is 0.